The van der Waals surface area contributed by atoms with Gasteiger partial charge in [-0.2, -0.15) is 8.42 Å². The van der Waals surface area contributed by atoms with E-state index in [-0.39, 0.29) is 17.9 Å². The number of ketones is 2. The summed E-state index contributed by atoms with van der Waals surface area (Å²) in [6.45, 7) is 1.32. The molecule has 0 spiro atoms. The number of ether oxygens (including phenoxy) is 1. The van der Waals surface area contributed by atoms with Gasteiger partial charge in [-0.15, -0.1) is 0 Å². The first kappa shape index (κ1) is 12.3. The molecule has 0 aromatic heterocycles. The molecular formula is C10H12O6S. The van der Waals surface area contributed by atoms with Gasteiger partial charge < -0.3 is 4.74 Å². The van der Waals surface area contributed by atoms with Gasteiger partial charge in [0.1, 0.15) is 0 Å². The topological polar surface area (TPSA) is 97.7 Å². The maximum absolute atomic E-state index is 12.0. The molecule has 0 radical (unpaired) electrons. The van der Waals surface area contributed by atoms with E-state index < -0.39 is 32.9 Å². The maximum atomic E-state index is 12.0. The quantitative estimate of drug-likeness (QED) is 0.678. The van der Waals surface area contributed by atoms with Gasteiger partial charge in [-0.3, -0.25) is 14.1 Å². The van der Waals surface area contributed by atoms with Crippen LogP contribution in [0.2, 0.25) is 0 Å². The third kappa shape index (κ3) is 1.69. The van der Waals surface area contributed by atoms with E-state index in [0.29, 0.717) is 12.8 Å². The van der Waals surface area contributed by atoms with E-state index in [1.165, 1.54) is 0 Å². The van der Waals surface area contributed by atoms with Crippen molar-refractivity contribution in [2.24, 2.45) is 0 Å². The second-order valence-corrected chi connectivity index (χ2v) is 6.25. The highest BCUT2D eigenvalue weighted by Crippen LogP contribution is 2.36. The average Bonchev–Trinajstić information content (AvgIpc) is 2.25. The minimum absolute atomic E-state index is 0.187. The molecule has 2 aliphatic rings. The van der Waals surface area contributed by atoms with Crippen molar-refractivity contribution in [3.05, 3.63) is 11.3 Å². The van der Waals surface area contributed by atoms with Gasteiger partial charge in [0, 0.05) is 12.0 Å². The molecule has 0 bridgehead atoms. The highest BCUT2D eigenvalue weighted by Gasteiger charge is 2.53. The molecule has 6 nitrogen and oxygen atoms in total. The van der Waals surface area contributed by atoms with Gasteiger partial charge in [0.05, 0.1) is 6.61 Å². The van der Waals surface area contributed by atoms with Gasteiger partial charge in [-0.1, -0.05) is 0 Å². The maximum Gasteiger partial charge on any atom is 0.278 e. The van der Waals surface area contributed by atoms with Crippen molar-refractivity contribution in [2.45, 2.75) is 30.9 Å². The van der Waals surface area contributed by atoms with E-state index in [0.717, 1.165) is 6.92 Å². The molecule has 1 unspecified atom stereocenters. The third-order valence-corrected chi connectivity index (χ3v) is 4.65. The lowest BCUT2D eigenvalue weighted by Crippen LogP contribution is -2.50. The number of carbonyl (C=O) groups is 2. The molecule has 17 heavy (non-hydrogen) atoms. The smallest absolute Gasteiger partial charge is 0.278 e. The predicted octanol–water partition coefficient (Wildman–Crippen LogP) is 0.239. The molecule has 94 valence electrons. The Morgan fingerprint density at radius 1 is 1.35 bits per heavy atom. The summed E-state index contributed by atoms with van der Waals surface area (Å²) >= 11 is 0. The first-order valence-corrected chi connectivity index (χ1v) is 6.62. The van der Waals surface area contributed by atoms with E-state index in [1.54, 1.807) is 0 Å². The van der Waals surface area contributed by atoms with Gasteiger partial charge >= 0.3 is 0 Å². The summed E-state index contributed by atoms with van der Waals surface area (Å²) in [5.41, 5.74) is 0.252. The lowest BCUT2D eigenvalue weighted by atomic mass is 9.84. The van der Waals surface area contributed by atoms with Crippen LogP contribution in [-0.4, -0.2) is 35.9 Å². The molecule has 0 saturated carbocycles. The molecule has 1 atom stereocenters. The summed E-state index contributed by atoms with van der Waals surface area (Å²) in [7, 11) is -4.64. The zero-order valence-electron chi connectivity index (χ0n) is 9.23. The Hall–Kier alpha value is -1.21. The Kier molecular flexibility index (Phi) is 2.62. The van der Waals surface area contributed by atoms with E-state index in [1.807, 2.05) is 0 Å². The monoisotopic (exact) mass is 260 g/mol. The van der Waals surface area contributed by atoms with Crippen LogP contribution in [0.25, 0.3) is 0 Å². The van der Waals surface area contributed by atoms with Crippen molar-refractivity contribution >= 4 is 21.7 Å². The van der Waals surface area contributed by atoms with Crippen LogP contribution in [0.5, 0.6) is 0 Å². The van der Waals surface area contributed by atoms with Crippen LogP contribution in [0.1, 0.15) is 26.2 Å². The van der Waals surface area contributed by atoms with Crippen molar-refractivity contribution in [3.8, 4) is 0 Å². The molecule has 1 aliphatic carbocycles. The second-order valence-electron chi connectivity index (χ2n) is 4.39. The Labute approximate surface area is 98.4 Å². The molecule has 1 aliphatic heterocycles. The molecule has 1 heterocycles. The van der Waals surface area contributed by atoms with Crippen LogP contribution >= 0.6 is 0 Å². The number of Topliss-reactive ketones (excluding diaryl/α,β-unsaturated/α-hetero) is 2. The summed E-state index contributed by atoms with van der Waals surface area (Å²) in [5, 5.41) is 0. The summed E-state index contributed by atoms with van der Waals surface area (Å²) in [6.07, 6.45) is 0.523. The highest BCUT2D eigenvalue weighted by molar-refractivity contribution is 7.88. The minimum Gasteiger partial charge on any atom is -0.489 e. The first-order chi connectivity index (χ1) is 7.77. The lowest BCUT2D eigenvalue weighted by Gasteiger charge is -2.32. The van der Waals surface area contributed by atoms with Crippen molar-refractivity contribution in [1.82, 2.24) is 0 Å². The zero-order valence-corrected chi connectivity index (χ0v) is 10.0. The summed E-state index contributed by atoms with van der Waals surface area (Å²) in [4.78, 5) is 23.8. The van der Waals surface area contributed by atoms with Crippen LogP contribution in [0.4, 0.5) is 0 Å². The van der Waals surface area contributed by atoms with Crippen LogP contribution < -0.4 is 0 Å². The fourth-order valence-corrected chi connectivity index (χ4v) is 2.67. The Morgan fingerprint density at radius 2 is 2.00 bits per heavy atom. The van der Waals surface area contributed by atoms with Crippen molar-refractivity contribution in [1.29, 1.82) is 0 Å². The third-order valence-electron chi connectivity index (χ3n) is 3.18. The van der Waals surface area contributed by atoms with Gasteiger partial charge in [-0.05, 0) is 19.8 Å². The van der Waals surface area contributed by atoms with E-state index in [9.17, 15) is 18.0 Å². The van der Waals surface area contributed by atoms with E-state index in [2.05, 4.69) is 0 Å². The van der Waals surface area contributed by atoms with Gasteiger partial charge in [0.2, 0.25) is 5.78 Å². The van der Waals surface area contributed by atoms with Gasteiger partial charge in [0.15, 0.2) is 16.3 Å². The molecule has 0 amide bonds. The SMILES string of the molecule is CC1(S(=O)(=O)O)CC(=O)C2=C(OCCC2)C1=O. The fourth-order valence-electron chi connectivity index (χ4n) is 2.03. The molecule has 0 aromatic rings. The van der Waals surface area contributed by atoms with Crippen LogP contribution in [-0.2, 0) is 24.4 Å². The van der Waals surface area contributed by atoms with Crippen LogP contribution in [0.15, 0.2) is 11.3 Å². The fraction of sp³-hybridized carbons (Fsp3) is 0.600. The number of hydrogen-bond donors (Lipinski definition) is 1. The molecule has 0 saturated heterocycles. The second kappa shape index (κ2) is 3.64. The largest absolute Gasteiger partial charge is 0.489 e. The molecule has 0 fully saturated rings. The Bertz CT molecular complexity index is 529. The normalized spacial score (nSPS) is 30.0. The number of rotatable bonds is 1. The van der Waals surface area contributed by atoms with Crippen molar-refractivity contribution in [2.75, 3.05) is 6.61 Å². The molecule has 0 aromatic carbocycles. The standard InChI is InChI=1S/C10H12O6S/c1-10(17(13,14)15)5-7(11)6-3-2-4-16-8(6)9(10)12/h2-5H2,1H3,(H,13,14,15). The molecule has 7 heteroatoms. The molecule has 1 N–H and O–H groups in total. The number of carbonyl (C=O) groups excluding carboxylic acids is 2. The van der Waals surface area contributed by atoms with Crippen LogP contribution in [0, 0.1) is 0 Å². The highest BCUT2D eigenvalue weighted by atomic mass is 32.2. The van der Waals surface area contributed by atoms with Gasteiger partial charge in [-0.25, -0.2) is 0 Å². The predicted molar refractivity (Wildman–Crippen MR) is 56.8 cm³/mol. The molecule has 2 rings (SSSR count). The van der Waals surface area contributed by atoms with Crippen molar-refractivity contribution in [3.63, 3.8) is 0 Å². The number of allylic oxidation sites excluding steroid dienone is 2. The van der Waals surface area contributed by atoms with Crippen molar-refractivity contribution < 1.29 is 27.3 Å². The Morgan fingerprint density at radius 3 is 2.59 bits per heavy atom. The molecular weight excluding hydrogens is 248 g/mol. The average molecular weight is 260 g/mol. The van der Waals surface area contributed by atoms with E-state index in [4.69, 9.17) is 9.29 Å². The summed E-state index contributed by atoms with van der Waals surface area (Å²) in [5.74, 6) is -1.46. The first-order valence-electron chi connectivity index (χ1n) is 5.18. The van der Waals surface area contributed by atoms with Crippen LogP contribution in [0.3, 0.4) is 0 Å². The minimum atomic E-state index is -4.64. The van der Waals surface area contributed by atoms with E-state index >= 15 is 0 Å². The zero-order chi connectivity index (χ0) is 12.8. The lowest BCUT2D eigenvalue weighted by molar-refractivity contribution is -0.128. The van der Waals surface area contributed by atoms with Gasteiger partial charge in [0.25, 0.3) is 10.1 Å². The summed E-state index contributed by atoms with van der Waals surface area (Å²) in [6, 6.07) is 0. The Balaban J connectivity index is 2.57. The summed E-state index contributed by atoms with van der Waals surface area (Å²) < 4.78 is 34.6. The number of hydrogen-bond acceptors (Lipinski definition) is 5.